The van der Waals surface area contributed by atoms with E-state index < -0.39 is 47.9 Å². The summed E-state index contributed by atoms with van der Waals surface area (Å²) in [7, 11) is 0. The first-order valence-electron chi connectivity index (χ1n) is 10.6. The van der Waals surface area contributed by atoms with Crippen molar-refractivity contribution in [1.29, 1.82) is 0 Å². The Bertz CT molecular complexity index is 590. The van der Waals surface area contributed by atoms with Gasteiger partial charge in [-0.2, -0.15) is 11.8 Å². The molecule has 0 aromatic heterocycles. The highest BCUT2D eigenvalue weighted by atomic mass is 32.2. The molecule has 0 aromatic rings. The zero-order valence-corrected chi connectivity index (χ0v) is 19.8. The number of carboxylic acid groups (broad SMARTS) is 1. The minimum absolute atomic E-state index is 0.230. The molecule has 0 spiro atoms. The predicted molar refractivity (Wildman–Crippen MR) is 122 cm³/mol. The predicted octanol–water partition coefficient (Wildman–Crippen LogP) is -0.199. The molecular weight excluding hydrogens is 422 g/mol. The van der Waals surface area contributed by atoms with Crippen molar-refractivity contribution in [3.05, 3.63) is 0 Å². The number of hydrogen-bond acceptors (Lipinski definition) is 7. The molecule has 0 saturated heterocycles. The second-order valence-corrected chi connectivity index (χ2v) is 8.98. The topological polar surface area (TPSA) is 177 Å². The Morgan fingerprint density at radius 2 is 1.52 bits per heavy atom. The first-order valence-corrected chi connectivity index (χ1v) is 12.0. The summed E-state index contributed by atoms with van der Waals surface area (Å²) >= 11 is 1.48. The number of unbranched alkanes of at least 4 members (excludes halogenated alkanes) is 1. The van der Waals surface area contributed by atoms with Crippen molar-refractivity contribution in [2.45, 2.75) is 77.0 Å². The van der Waals surface area contributed by atoms with E-state index >= 15 is 0 Å². The van der Waals surface area contributed by atoms with Crippen LogP contribution in [0.25, 0.3) is 0 Å². The van der Waals surface area contributed by atoms with Crippen LogP contribution in [0.3, 0.4) is 0 Å². The van der Waals surface area contributed by atoms with Crippen molar-refractivity contribution in [3.63, 3.8) is 0 Å². The number of aliphatic carboxylic acids is 1. The van der Waals surface area contributed by atoms with Gasteiger partial charge in [-0.3, -0.25) is 14.4 Å². The Kier molecular flexibility index (Phi) is 14.9. The molecule has 180 valence electrons. The molecule has 0 aliphatic carbocycles. The highest BCUT2D eigenvalue weighted by molar-refractivity contribution is 7.98. The van der Waals surface area contributed by atoms with E-state index in [4.69, 9.17) is 11.5 Å². The molecule has 0 aliphatic heterocycles. The van der Waals surface area contributed by atoms with E-state index in [1.165, 1.54) is 18.7 Å². The van der Waals surface area contributed by atoms with Crippen LogP contribution in [0.1, 0.15) is 52.9 Å². The fourth-order valence-corrected chi connectivity index (χ4v) is 3.30. The van der Waals surface area contributed by atoms with Gasteiger partial charge in [0.1, 0.15) is 18.1 Å². The van der Waals surface area contributed by atoms with Crippen molar-refractivity contribution in [2.24, 2.45) is 17.4 Å². The summed E-state index contributed by atoms with van der Waals surface area (Å²) in [5.41, 5.74) is 11.3. The first-order chi connectivity index (χ1) is 14.5. The maximum absolute atomic E-state index is 12.7. The van der Waals surface area contributed by atoms with Gasteiger partial charge >= 0.3 is 5.97 Å². The smallest absolute Gasteiger partial charge is 0.326 e. The lowest BCUT2D eigenvalue weighted by atomic mass is 10.0. The highest BCUT2D eigenvalue weighted by Crippen LogP contribution is 2.06. The molecule has 0 fully saturated rings. The third kappa shape index (κ3) is 12.6. The van der Waals surface area contributed by atoms with Crippen LogP contribution in [0.15, 0.2) is 0 Å². The normalized spacial score (nSPS) is 14.9. The Labute approximate surface area is 189 Å². The molecule has 8 N–H and O–H groups in total. The summed E-state index contributed by atoms with van der Waals surface area (Å²) in [5, 5.41) is 17.0. The number of amides is 3. The van der Waals surface area contributed by atoms with Gasteiger partial charge in [-0.15, -0.1) is 0 Å². The molecule has 0 aliphatic rings. The third-order valence-corrected chi connectivity index (χ3v) is 5.26. The van der Waals surface area contributed by atoms with Crippen LogP contribution in [-0.4, -0.2) is 71.5 Å². The van der Waals surface area contributed by atoms with Crippen molar-refractivity contribution in [1.82, 2.24) is 16.0 Å². The molecule has 10 nitrogen and oxygen atoms in total. The maximum Gasteiger partial charge on any atom is 0.326 e. The van der Waals surface area contributed by atoms with Crippen LogP contribution in [0.4, 0.5) is 0 Å². The molecule has 0 aromatic carbocycles. The Morgan fingerprint density at radius 3 is 2.03 bits per heavy atom. The van der Waals surface area contributed by atoms with E-state index in [1.807, 2.05) is 20.1 Å². The maximum atomic E-state index is 12.7. The molecule has 31 heavy (non-hydrogen) atoms. The monoisotopic (exact) mass is 461 g/mol. The van der Waals surface area contributed by atoms with E-state index in [9.17, 15) is 24.3 Å². The molecule has 4 atom stereocenters. The molecule has 0 bridgehead atoms. The van der Waals surface area contributed by atoms with Gasteiger partial charge in [0.25, 0.3) is 0 Å². The molecule has 0 heterocycles. The summed E-state index contributed by atoms with van der Waals surface area (Å²) in [6.45, 7) is 5.82. The Morgan fingerprint density at radius 1 is 0.903 bits per heavy atom. The van der Waals surface area contributed by atoms with Crippen LogP contribution in [0.2, 0.25) is 0 Å². The van der Waals surface area contributed by atoms with Gasteiger partial charge in [0.2, 0.25) is 17.7 Å². The van der Waals surface area contributed by atoms with E-state index in [0.717, 1.165) is 0 Å². The van der Waals surface area contributed by atoms with Gasteiger partial charge < -0.3 is 32.5 Å². The average molecular weight is 462 g/mol. The van der Waals surface area contributed by atoms with Gasteiger partial charge in [-0.05, 0) is 63.5 Å². The van der Waals surface area contributed by atoms with E-state index in [1.54, 1.807) is 0 Å². The summed E-state index contributed by atoms with van der Waals surface area (Å²) < 4.78 is 0. The van der Waals surface area contributed by atoms with Crippen molar-refractivity contribution in [3.8, 4) is 0 Å². The second-order valence-electron chi connectivity index (χ2n) is 7.99. The number of hydrogen-bond donors (Lipinski definition) is 6. The van der Waals surface area contributed by atoms with E-state index in [2.05, 4.69) is 16.0 Å². The number of nitrogens with two attached hydrogens (primary N) is 2. The number of nitrogens with one attached hydrogen (secondary N) is 3. The van der Waals surface area contributed by atoms with E-state index in [0.29, 0.717) is 38.0 Å². The second kappa shape index (κ2) is 15.9. The zero-order valence-electron chi connectivity index (χ0n) is 19.0. The van der Waals surface area contributed by atoms with Crippen molar-refractivity contribution < 1.29 is 24.3 Å². The summed E-state index contributed by atoms with van der Waals surface area (Å²) in [6.07, 6.45) is 4.14. The largest absolute Gasteiger partial charge is 0.480 e. The summed E-state index contributed by atoms with van der Waals surface area (Å²) in [6, 6.07) is -3.60. The van der Waals surface area contributed by atoms with Crippen LogP contribution >= 0.6 is 11.8 Å². The van der Waals surface area contributed by atoms with Crippen LogP contribution in [0, 0.1) is 5.92 Å². The zero-order chi connectivity index (χ0) is 24.0. The fourth-order valence-electron chi connectivity index (χ4n) is 2.82. The number of thioether (sulfide) groups is 1. The number of carboxylic acids is 1. The molecular formula is C20H39N5O5S. The van der Waals surface area contributed by atoms with Crippen LogP contribution < -0.4 is 27.4 Å². The molecule has 4 unspecified atom stereocenters. The number of carbonyl (C=O) groups is 4. The Balaban J connectivity index is 5.06. The van der Waals surface area contributed by atoms with Gasteiger partial charge in [0.15, 0.2) is 0 Å². The third-order valence-electron chi connectivity index (χ3n) is 4.62. The first kappa shape index (κ1) is 29.1. The molecule has 11 heteroatoms. The minimum atomic E-state index is -1.13. The van der Waals surface area contributed by atoms with Crippen LogP contribution in [-0.2, 0) is 19.2 Å². The fraction of sp³-hybridized carbons (Fsp3) is 0.800. The van der Waals surface area contributed by atoms with Gasteiger partial charge in [0.05, 0.1) is 6.04 Å². The molecule has 0 rings (SSSR count). The van der Waals surface area contributed by atoms with Crippen molar-refractivity contribution >= 4 is 35.5 Å². The van der Waals surface area contributed by atoms with E-state index in [-0.39, 0.29) is 12.3 Å². The Hall–Kier alpha value is -1.85. The summed E-state index contributed by atoms with van der Waals surface area (Å²) in [5.74, 6) is -1.89. The van der Waals surface area contributed by atoms with Crippen LogP contribution in [0.5, 0.6) is 0 Å². The lowest BCUT2D eigenvalue weighted by Gasteiger charge is -2.24. The lowest BCUT2D eigenvalue weighted by Crippen LogP contribution is -2.56. The molecule has 0 saturated carbocycles. The van der Waals surface area contributed by atoms with Gasteiger partial charge in [-0.1, -0.05) is 13.8 Å². The van der Waals surface area contributed by atoms with Crippen molar-refractivity contribution in [2.75, 3.05) is 18.6 Å². The minimum Gasteiger partial charge on any atom is -0.480 e. The standard InChI is InChI=1S/C20H39N5O5S/c1-12(2)11-14(22)18(27)23-13(3)17(26)24-15(7-5-6-9-21)19(28)25-16(20(29)30)8-10-31-4/h12-16H,5-11,21-22H2,1-4H3,(H,23,27)(H,24,26)(H,25,28)(H,29,30). The molecule has 0 radical (unpaired) electrons. The number of carbonyl (C=O) groups excluding carboxylic acids is 3. The highest BCUT2D eigenvalue weighted by Gasteiger charge is 2.28. The summed E-state index contributed by atoms with van der Waals surface area (Å²) in [4.78, 5) is 48.9. The van der Waals surface area contributed by atoms with Gasteiger partial charge in [-0.25, -0.2) is 4.79 Å². The lowest BCUT2D eigenvalue weighted by molar-refractivity contribution is -0.142. The quantitative estimate of drug-likeness (QED) is 0.171. The van der Waals surface area contributed by atoms with Gasteiger partial charge in [0, 0.05) is 0 Å². The SMILES string of the molecule is CSCCC(NC(=O)C(CCCCN)NC(=O)C(C)NC(=O)C(N)CC(C)C)C(=O)O. The average Bonchev–Trinajstić information content (AvgIpc) is 2.69. The molecule has 3 amide bonds. The number of rotatable bonds is 16.